The van der Waals surface area contributed by atoms with Crippen LogP contribution in [0.4, 0.5) is 0 Å². The summed E-state index contributed by atoms with van der Waals surface area (Å²) in [4.78, 5) is 15.0. The third kappa shape index (κ3) is 2.73. The van der Waals surface area contributed by atoms with E-state index in [-0.39, 0.29) is 11.5 Å². The second-order valence-corrected chi connectivity index (χ2v) is 6.60. The van der Waals surface area contributed by atoms with Crippen LogP contribution in [-0.2, 0) is 11.3 Å². The summed E-state index contributed by atoms with van der Waals surface area (Å²) in [6.07, 6.45) is 1.49. The average Bonchev–Trinajstić information content (AvgIpc) is 3.27. The van der Waals surface area contributed by atoms with Gasteiger partial charge < -0.3 is 14.3 Å². The number of furan rings is 1. The number of ether oxygens (including phenoxy) is 1. The molecule has 4 rings (SSSR count). The molecular weight excluding hydrogens is 326 g/mol. The maximum absolute atomic E-state index is 12.8. The summed E-state index contributed by atoms with van der Waals surface area (Å²) >= 11 is 1.48. The van der Waals surface area contributed by atoms with Gasteiger partial charge in [0.15, 0.2) is 5.78 Å². The highest BCUT2D eigenvalue weighted by Gasteiger charge is 2.22. The zero-order chi connectivity index (χ0) is 16.5. The zero-order valence-electron chi connectivity index (χ0n) is 13.0. The molecule has 0 unspecified atom stereocenters. The van der Waals surface area contributed by atoms with Gasteiger partial charge in [-0.3, -0.25) is 9.69 Å². The van der Waals surface area contributed by atoms with E-state index in [9.17, 15) is 9.90 Å². The molecule has 1 saturated heterocycles. The molecule has 0 saturated carbocycles. The molecule has 2 aromatic heterocycles. The molecule has 124 valence electrons. The van der Waals surface area contributed by atoms with Crippen LogP contribution in [0.5, 0.6) is 5.75 Å². The Morgan fingerprint density at radius 3 is 2.83 bits per heavy atom. The van der Waals surface area contributed by atoms with Gasteiger partial charge in [0.1, 0.15) is 17.6 Å². The second kappa shape index (κ2) is 6.39. The Labute approximate surface area is 143 Å². The SMILES string of the molecule is O=C(c1ccsc1)c1coc2ccc(O)c(CN3CCOCC3)c12. The lowest BCUT2D eigenvalue weighted by molar-refractivity contribution is 0.0340. The molecule has 1 aliphatic rings. The lowest BCUT2D eigenvalue weighted by Gasteiger charge is -2.27. The van der Waals surface area contributed by atoms with Crippen molar-refractivity contribution in [3.05, 3.63) is 51.9 Å². The minimum atomic E-state index is -0.0798. The van der Waals surface area contributed by atoms with Crippen LogP contribution in [0.3, 0.4) is 0 Å². The number of ketones is 1. The number of thiophene rings is 1. The van der Waals surface area contributed by atoms with Crippen molar-refractivity contribution in [1.82, 2.24) is 4.90 Å². The first-order valence-corrected chi connectivity index (χ1v) is 8.77. The monoisotopic (exact) mass is 343 g/mol. The predicted octanol–water partition coefficient (Wildman–Crippen LogP) is 3.26. The van der Waals surface area contributed by atoms with Crippen molar-refractivity contribution >= 4 is 28.1 Å². The van der Waals surface area contributed by atoms with Crippen molar-refractivity contribution in [3.63, 3.8) is 0 Å². The van der Waals surface area contributed by atoms with Gasteiger partial charge in [0.25, 0.3) is 0 Å². The molecule has 0 atom stereocenters. The van der Waals surface area contributed by atoms with E-state index < -0.39 is 0 Å². The topological polar surface area (TPSA) is 62.9 Å². The highest BCUT2D eigenvalue weighted by atomic mass is 32.1. The Morgan fingerprint density at radius 1 is 1.25 bits per heavy atom. The van der Waals surface area contributed by atoms with Gasteiger partial charge in [-0.2, -0.15) is 11.3 Å². The van der Waals surface area contributed by atoms with Gasteiger partial charge >= 0.3 is 0 Å². The van der Waals surface area contributed by atoms with Gasteiger partial charge in [0.05, 0.1) is 18.8 Å². The van der Waals surface area contributed by atoms with Crippen molar-refractivity contribution in [2.75, 3.05) is 26.3 Å². The van der Waals surface area contributed by atoms with E-state index in [1.807, 2.05) is 10.8 Å². The van der Waals surface area contributed by atoms with E-state index in [0.717, 1.165) is 18.7 Å². The molecule has 1 aromatic carbocycles. The summed E-state index contributed by atoms with van der Waals surface area (Å²) in [5, 5.41) is 14.8. The molecule has 0 radical (unpaired) electrons. The number of aromatic hydroxyl groups is 1. The maximum atomic E-state index is 12.8. The summed E-state index contributed by atoms with van der Waals surface area (Å²) in [7, 11) is 0. The molecule has 0 bridgehead atoms. The van der Waals surface area contributed by atoms with Crippen LogP contribution in [-0.4, -0.2) is 42.1 Å². The molecule has 0 aliphatic carbocycles. The van der Waals surface area contributed by atoms with E-state index in [4.69, 9.17) is 9.15 Å². The van der Waals surface area contributed by atoms with Crippen molar-refractivity contribution < 1.29 is 19.1 Å². The first kappa shape index (κ1) is 15.4. The third-order valence-electron chi connectivity index (χ3n) is 4.34. The van der Waals surface area contributed by atoms with E-state index in [2.05, 4.69) is 4.90 Å². The lowest BCUT2D eigenvalue weighted by Crippen LogP contribution is -2.35. The van der Waals surface area contributed by atoms with E-state index >= 15 is 0 Å². The minimum absolute atomic E-state index is 0.0798. The Hall–Kier alpha value is -2.15. The summed E-state index contributed by atoms with van der Waals surface area (Å²) in [6.45, 7) is 3.55. The van der Waals surface area contributed by atoms with Gasteiger partial charge in [0.2, 0.25) is 0 Å². The highest BCUT2D eigenvalue weighted by Crippen LogP contribution is 2.33. The van der Waals surface area contributed by atoms with Crippen molar-refractivity contribution in [2.24, 2.45) is 0 Å². The normalized spacial score (nSPS) is 15.8. The number of rotatable bonds is 4. The van der Waals surface area contributed by atoms with Crippen LogP contribution < -0.4 is 0 Å². The van der Waals surface area contributed by atoms with Crippen molar-refractivity contribution in [3.8, 4) is 5.75 Å². The Bertz CT molecular complexity index is 863. The number of fused-ring (bicyclic) bond motifs is 1. The highest BCUT2D eigenvalue weighted by molar-refractivity contribution is 7.08. The number of hydrogen-bond donors (Lipinski definition) is 1. The fourth-order valence-electron chi connectivity index (χ4n) is 3.05. The molecule has 1 N–H and O–H groups in total. The minimum Gasteiger partial charge on any atom is -0.508 e. The quantitative estimate of drug-likeness (QED) is 0.737. The summed E-state index contributed by atoms with van der Waals surface area (Å²) in [5.74, 6) is 0.110. The number of hydrogen-bond acceptors (Lipinski definition) is 6. The molecule has 24 heavy (non-hydrogen) atoms. The van der Waals surface area contributed by atoms with Crippen molar-refractivity contribution in [2.45, 2.75) is 6.54 Å². The van der Waals surface area contributed by atoms with Gasteiger partial charge in [-0.1, -0.05) is 0 Å². The lowest BCUT2D eigenvalue weighted by atomic mass is 10.00. The number of nitrogens with zero attached hydrogens (tertiary/aromatic N) is 1. The third-order valence-corrected chi connectivity index (χ3v) is 5.02. The van der Waals surface area contributed by atoms with Gasteiger partial charge in [-0.25, -0.2) is 0 Å². The number of carbonyl (C=O) groups excluding carboxylic acids is 1. The van der Waals surface area contributed by atoms with Crippen LogP contribution in [0.1, 0.15) is 21.5 Å². The van der Waals surface area contributed by atoms with Gasteiger partial charge in [0, 0.05) is 41.5 Å². The standard InChI is InChI=1S/C18H17NO4S/c20-15-1-2-16-17(13(15)9-19-4-6-22-7-5-19)14(10-23-16)18(21)12-3-8-24-11-12/h1-3,8,10-11,20H,4-7,9H2. The van der Waals surface area contributed by atoms with Crippen LogP contribution in [0.2, 0.25) is 0 Å². The second-order valence-electron chi connectivity index (χ2n) is 5.82. The largest absolute Gasteiger partial charge is 0.508 e. The zero-order valence-corrected chi connectivity index (χ0v) is 13.8. The number of carbonyl (C=O) groups is 1. The van der Waals surface area contributed by atoms with E-state index in [1.54, 1.807) is 18.2 Å². The molecule has 6 heteroatoms. The number of phenols is 1. The molecule has 3 aromatic rings. The van der Waals surface area contributed by atoms with Crippen LogP contribution in [0, 0.1) is 0 Å². The predicted molar refractivity (Wildman–Crippen MR) is 91.7 cm³/mol. The van der Waals surface area contributed by atoms with E-state index in [1.165, 1.54) is 17.6 Å². The fourth-order valence-corrected chi connectivity index (χ4v) is 3.69. The van der Waals surface area contributed by atoms with E-state index in [0.29, 0.717) is 41.9 Å². The molecule has 3 heterocycles. The summed E-state index contributed by atoms with van der Waals surface area (Å²) < 4.78 is 11.0. The van der Waals surface area contributed by atoms with Crippen LogP contribution in [0.25, 0.3) is 11.0 Å². The first-order valence-electron chi connectivity index (χ1n) is 7.83. The van der Waals surface area contributed by atoms with Gasteiger partial charge in [-0.15, -0.1) is 0 Å². The van der Waals surface area contributed by atoms with Crippen LogP contribution in [0.15, 0.2) is 39.6 Å². The maximum Gasteiger partial charge on any atom is 0.197 e. The summed E-state index contributed by atoms with van der Waals surface area (Å²) in [5.41, 5.74) is 2.50. The molecule has 5 nitrogen and oxygen atoms in total. The Morgan fingerprint density at radius 2 is 2.08 bits per heavy atom. The molecule has 0 spiro atoms. The number of phenolic OH excluding ortho intramolecular Hbond substituents is 1. The molecule has 0 amide bonds. The van der Waals surface area contributed by atoms with Crippen molar-refractivity contribution in [1.29, 1.82) is 0 Å². The first-order chi connectivity index (χ1) is 11.7. The Kier molecular flexibility index (Phi) is 4.10. The number of benzene rings is 1. The average molecular weight is 343 g/mol. The summed E-state index contributed by atoms with van der Waals surface area (Å²) in [6, 6.07) is 5.13. The molecule has 1 fully saturated rings. The Balaban J connectivity index is 1.78. The van der Waals surface area contributed by atoms with Gasteiger partial charge in [-0.05, 0) is 23.6 Å². The smallest absolute Gasteiger partial charge is 0.197 e. The van der Waals surface area contributed by atoms with Crippen LogP contribution >= 0.6 is 11.3 Å². The molecule has 1 aliphatic heterocycles. The number of morpholine rings is 1. The molecular formula is C18H17NO4S. The fraction of sp³-hybridized carbons (Fsp3) is 0.278.